The molecule has 0 radical (unpaired) electrons. The molecule has 2 aromatic carbocycles. The van der Waals surface area contributed by atoms with Crippen LogP contribution in [0.3, 0.4) is 0 Å². The summed E-state index contributed by atoms with van der Waals surface area (Å²) < 4.78 is 12.0. The van der Waals surface area contributed by atoms with E-state index in [-0.39, 0.29) is 23.5 Å². The Bertz CT molecular complexity index is 1240. The summed E-state index contributed by atoms with van der Waals surface area (Å²) in [4.78, 5) is 37.8. The van der Waals surface area contributed by atoms with Crippen LogP contribution in [-0.2, 0) is 6.61 Å². The van der Waals surface area contributed by atoms with Gasteiger partial charge in [0.2, 0.25) is 0 Å². The molecule has 0 saturated carbocycles. The summed E-state index contributed by atoms with van der Waals surface area (Å²) in [5.41, 5.74) is 4.04. The zero-order valence-corrected chi connectivity index (χ0v) is 17.7. The SMILES string of the molecule is COc1ccc(-c2c(C(=O)O)c(N)[nH]c(=O)c2C(=O)O)cc1OCc1cccc(Br)c1. The standard InChI is InChI=1S/C21H17BrN2O7/c1-30-13-6-5-11(8-14(13)31-9-10-3-2-4-12(22)7-10)15-16(20(26)27)18(23)24-19(25)17(15)21(28)29/h2-8H,9H2,1H3,(H,26,27)(H,28,29)(H3,23,24,25). The maximum atomic E-state index is 12.2. The number of methoxy groups -OCH3 is 1. The Balaban J connectivity index is 2.16. The number of nitrogen functional groups attached to an aromatic ring is 1. The quantitative estimate of drug-likeness (QED) is 0.394. The number of carboxylic acid groups (broad SMARTS) is 2. The van der Waals surface area contributed by atoms with Crippen molar-refractivity contribution in [1.82, 2.24) is 4.98 Å². The lowest BCUT2D eigenvalue weighted by Gasteiger charge is -2.15. The van der Waals surface area contributed by atoms with Gasteiger partial charge >= 0.3 is 11.9 Å². The minimum absolute atomic E-state index is 0.123. The molecule has 3 rings (SSSR count). The highest BCUT2D eigenvalue weighted by Gasteiger charge is 2.27. The molecule has 0 fully saturated rings. The van der Waals surface area contributed by atoms with Gasteiger partial charge in [-0.1, -0.05) is 34.1 Å². The van der Waals surface area contributed by atoms with Crippen LogP contribution in [0.2, 0.25) is 0 Å². The van der Waals surface area contributed by atoms with Gasteiger partial charge in [0, 0.05) is 10.0 Å². The number of aromatic nitrogens is 1. The lowest BCUT2D eigenvalue weighted by atomic mass is 9.95. The Kier molecular flexibility index (Phi) is 6.30. The number of pyridine rings is 1. The van der Waals surface area contributed by atoms with Gasteiger partial charge < -0.3 is 30.4 Å². The zero-order chi connectivity index (χ0) is 22.7. The second kappa shape index (κ2) is 8.92. The van der Waals surface area contributed by atoms with Gasteiger partial charge in [0.25, 0.3) is 5.56 Å². The molecule has 0 saturated heterocycles. The van der Waals surface area contributed by atoms with E-state index in [0.717, 1.165) is 10.0 Å². The van der Waals surface area contributed by atoms with Crippen molar-refractivity contribution < 1.29 is 29.3 Å². The molecule has 0 spiro atoms. The van der Waals surface area contributed by atoms with Crippen molar-refractivity contribution in [3.05, 3.63) is 74.0 Å². The van der Waals surface area contributed by atoms with Crippen molar-refractivity contribution >= 4 is 33.7 Å². The maximum absolute atomic E-state index is 12.2. The molecule has 0 bridgehead atoms. The molecule has 3 aromatic rings. The molecule has 0 aliphatic carbocycles. The van der Waals surface area contributed by atoms with Crippen LogP contribution in [0, 0.1) is 0 Å². The summed E-state index contributed by atoms with van der Waals surface area (Å²) in [7, 11) is 1.43. The van der Waals surface area contributed by atoms with Crippen LogP contribution in [0.1, 0.15) is 26.3 Å². The van der Waals surface area contributed by atoms with Gasteiger partial charge in [0.05, 0.1) is 7.11 Å². The van der Waals surface area contributed by atoms with Crippen LogP contribution in [0.5, 0.6) is 11.5 Å². The van der Waals surface area contributed by atoms with Crippen LogP contribution >= 0.6 is 15.9 Å². The van der Waals surface area contributed by atoms with Crippen LogP contribution in [-0.4, -0.2) is 34.2 Å². The van der Waals surface area contributed by atoms with Crippen LogP contribution in [0.15, 0.2) is 51.7 Å². The molecular formula is C21H17BrN2O7. The Morgan fingerprint density at radius 2 is 1.77 bits per heavy atom. The van der Waals surface area contributed by atoms with Gasteiger partial charge in [-0.25, -0.2) is 9.59 Å². The van der Waals surface area contributed by atoms with E-state index in [4.69, 9.17) is 15.2 Å². The number of halogens is 1. The predicted molar refractivity (Wildman–Crippen MR) is 116 cm³/mol. The first-order valence-corrected chi connectivity index (χ1v) is 9.60. The second-order valence-electron chi connectivity index (χ2n) is 6.39. The van der Waals surface area contributed by atoms with Gasteiger partial charge in [0.15, 0.2) is 11.5 Å². The second-order valence-corrected chi connectivity index (χ2v) is 7.30. The van der Waals surface area contributed by atoms with Gasteiger partial charge in [-0.3, -0.25) is 4.79 Å². The number of nitrogens with one attached hydrogen (secondary N) is 1. The molecular weight excluding hydrogens is 472 g/mol. The van der Waals surface area contributed by atoms with E-state index < -0.39 is 34.4 Å². The lowest BCUT2D eigenvalue weighted by molar-refractivity contribution is 0.0695. The van der Waals surface area contributed by atoms with Crippen LogP contribution in [0.4, 0.5) is 5.82 Å². The fraction of sp³-hybridized carbons (Fsp3) is 0.0952. The van der Waals surface area contributed by atoms with Crippen molar-refractivity contribution in [1.29, 1.82) is 0 Å². The first-order valence-electron chi connectivity index (χ1n) is 8.81. The molecule has 1 aromatic heterocycles. The normalized spacial score (nSPS) is 10.5. The zero-order valence-electron chi connectivity index (χ0n) is 16.1. The van der Waals surface area contributed by atoms with Gasteiger partial charge in [0.1, 0.15) is 23.6 Å². The molecule has 160 valence electrons. The molecule has 31 heavy (non-hydrogen) atoms. The number of H-pyrrole nitrogens is 1. The number of nitrogens with two attached hydrogens (primary N) is 1. The largest absolute Gasteiger partial charge is 0.493 e. The molecule has 9 nitrogen and oxygen atoms in total. The minimum Gasteiger partial charge on any atom is -0.493 e. The fourth-order valence-corrected chi connectivity index (χ4v) is 3.51. The number of ether oxygens (including phenoxy) is 2. The number of hydrogen-bond acceptors (Lipinski definition) is 6. The summed E-state index contributed by atoms with van der Waals surface area (Å²) in [6.45, 7) is 0.161. The Morgan fingerprint density at radius 3 is 2.39 bits per heavy atom. The molecule has 0 amide bonds. The summed E-state index contributed by atoms with van der Waals surface area (Å²) in [6.07, 6.45) is 0. The van der Waals surface area contributed by atoms with Gasteiger partial charge in [-0.15, -0.1) is 0 Å². The molecule has 10 heteroatoms. The number of benzene rings is 2. The number of anilines is 1. The Labute approximate surface area is 184 Å². The van der Waals surface area contributed by atoms with E-state index in [1.165, 1.54) is 25.3 Å². The van der Waals surface area contributed by atoms with Crippen LogP contribution < -0.4 is 20.8 Å². The molecule has 0 aliphatic rings. The number of aromatic carboxylic acids is 2. The van der Waals surface area contributed by atoms with Crippen molar-refractivity contribution in [3.63, 3.8) is 0 Å². The average molecular weight is 489 g/mol. The molecule has 0 atom stereocenters. The Hall–Kier alpha value is -3.79. The first kappa shape index (κ1) is 21.9. The third-order valence-corrected chi connectivity index (χ3v) is 4.90. The minimum atomic E-state index is -1.59. The fourth-order valence-electron chi connectivity index (χ4n) is 3.07. The summed E-state index contributed by atoms with van der Waals surface area (Å²) in [5, 5.41) is 19.1. The van der Waals surface area contributed by atoms with Gasteiger partial charge in [-0.05, 0) is 35.4 Å². The molecule has 0 aliphatic heterocycles. The highest BCUT2D eigenvalue weighted by molar-refractivity contribution is 9.10. The summed E-state index contributed by atoms with van der Waals surface area (Å²) in [6, 6.07) is 11.7. The number of hydrogen-bond donors (Lipinski definition) is 4. The van der Waals surface area contributed by atoms with E-state index >= 15 is 0 Å². The van der Waals surface area contributed by atoms with Crippen molar-refractivity contribution in [2.45, 2.75) is 6.61 Å². The third kappa shape index (κ3) is 4.53. The van der Waals surface area contributed by atoms with Crippen molar-refractivity contribution in [2.75, 3.05) is 12.8 Å². The van der Waals surface area contributed by atoms with Gasteiger partial charge in [-0.2, -0.15) is 0 Å². The Morgan fingerprint density at radius 1 is 1.06 bits per heavy atom. The highest BCUT2D eigenvalue weighted by Crippen LogP contribution is 2.36. The first-order chi connectivity index (χ1) is 14.7. The highest BCUT2D eigenvalue weighted by atomic mass is 79.9. The smallest absolute Gasteiger partial charge is 0.342 e. The van der Waals surface area contributed by atoms with Crippen LogP contribution in [0.25, 0.3) is 11.1 Å². The molecule has 0 unspecified atom stereocenters. The van der Waals surface area contributed by atoms with E-state index in [1.807, 2.05) is 24.3 Å². The topological polar surface area (TPSA) is 152 Å². The molecule has 1 heterocycles. The van der Waals surface area contributed by atoms with E-state index in [0.29, 0.717) is 5.75 Å². The predicted octanol–water partition coefficient (Wildman–Crippen LogP) is 3.37. The third-order valence-electron chi connectivity index (χ3n) is 4.41. The number of aromatic amines is 1. The van der Waals surface area contributed by atoms with Crippen molar-refractivity contribution in [3.8, 4) is 22.6 Å². The summed E-state index contributed by atoms with van der Waals surface area (Å²) >= 11 is 3.38. The number of rotatable bonds is 7. The van der Waals surface area contributed by atoms with E-state index in [1.54, 1.807) is 0 Å². The maximum Gasteiger partial charge on any atom is 0.342 e. The average Bonchev–Trinajstić information content (AvgIpc) is 2.70. The van der Waals surface area contributed by atoms with E-state index in [9.17, 15) is 24.6 Å². The monoisotopic (exact) mass is 488 g/mol. The number of carboxylic acids is 2. The van der Waals surface area contributed by atoms with E-state index in [2.05, 4.69) is 20.9 Å². The number of carbonyl (C=O) groups is 2. The molecule has 5 N–H and O–H groups in total. The summed E-state index contributed by atoms with van der Waals surface area (Å²) in [5.74, 6) is -2.97. The van der Waals surface area contributed by atoms with Crippen molar-refractivity contribution in [2.24, 2.45) is 0 Å². The lowest BCUT2D eigenvalue weighted by Crippen LogP contribution is -2.24.